The fraction of sp³-hybridized carbons (Fsp3) is 0.353. The van der Waals surface area contributed by atoms with E-state index < -0.39 is 0 Å². The molecule has 0 saturated heterocycles. The average Bonchev–Trinajstić information content (AvgIpc) is 3.19. The van der Waals surface area contributed by atoms with Crippen molar-refractivity contribution in [2.75, 3.05) is 5.32 Å². The van der Waals surface area contributed by atoms with Crippen LogP contribution in [0.5, 0.6) is 0 Å². The normalized spacial score (nSPS) is 16.6. The Hall–Kier alpha value is -1.81. The van der Waals surface area contributed by atoms with Gasteiger partial charge in [-0.2, -0.15) is 0 Å². The van der Waals surface area contributed by atoms with Gasteiger partial charge in [-0.15, -0.1) is 11.3 Å². The number of amides is 1. The number of para-hydroxylation sites is 1. The van der Waals surface area contributed by atoms with Crippen molar-refractivity contribution >= 4 is 22.9 Å². The number of carbonyl (C=O) groups excluding carboxylic acids is 1. The lowest BCUT2D eigenvalue weighted by Gasteiger charge is -2.21. The molecule has 3 rings (SSSR count). The van der Waals surface area contributed by atoms with Crippen molar-refractivity contribution in [3.8, 4) is 0 Å². The highest BCUT2D eigenvalue weighted by Crippen LogP contribution is 2.25. The summed E-state index contributed by atoms with van der Waals surface area (Å²) < 4.78 is 0. The maximum atomic E-state index is 12.6. The standard InChI is InChI=1S/C17H20N2OS/c20-17(19-14-9-4-5-10-14)16(15-11-6-12-21-15)18-13-7-2-1-3-8-13/h1-3,6-8,11-12,14,16,18H,4-5,9-10H2,(H,19,20). The zero-order valence-electron chi connectivity index (χ0n) is 11.9. The fourth-order valence-corrected chi connectivity index (χ4v) is 3.55. The molecule has 1 fully saturated rings. The van der Waals surface area contributed by atoms with Gasteiger partial charge in [0.25, 0.3) is 0 Å². The number of anilines is 1. The molecule has 3 nitrogen and oxygen atoms in total. The summed E-state index contributed by atoms with van der Waals surface area (Å²) in [6, 6.07) is 13.9. The van der Waals surface area contributed by atoms with Gasteiger partial charge >= 0.3 is 0 Å². The van der Waals surface area contributed by atoms with Crippen LogP contribution in [0.4, 0.5) is 5.69 Å². The molecular weight excluding hydrogens is 280 g/mol. The highest BCUT2D eigenvalue weighted by Gasteiger charge is 2.25. The van der Waals surface area contributed by atoms with Crippen molar-refractivity contribution in [1.82, 2.24) is 5.32 Å². The minimum absolute atomic E-state index is 0.0770. The van der Waals surface area contributed by atoms with E-state index in [1.54, 1.807) is 11.3 Å². The van der Waals surface area contributed by atoms with Gasteiger partial charge in [0.1, 0.15) is 6.04 Å². The molecule has 1 heterocycles. The summed E-state index contributed by atoms with van der Waals surface area (Å²) in [5.41, 5.74) is 0.970. The summed E-state index contributed by atoms with van der Waals surface area (Å²) in [5.74, 6) is 0.0770. The molecule has 0 aliphatic heterocycles. The molecule has 1 unspecified atom stereocenters. The Labute approximate surface area is 129 Å². The van der Waals surface area contributed by atoms with E-state index in [4.69, 9.17) is 0 Å². The third kappa shape index (κ3) is 3.64. The molecule has 4 heteroatoms. The molecule has 1 aliphatic rings. The summed E-state index contributed by atoms with van der Waals surface area (Å²) in [7, 11) is 0. The van der Waals surface area contributed by atoms with Gasteiger partial charge < -0.3 is 10.6 Å². The number of hydrogen-bond acceptors (Lipinski definition) is 3. The molecule has 1 aromatic heterocycles. The van der Waals surface area contributed by atoms with Crippen molar-refractivity contribution in [2.24, 2.45) is 0 Å². The van der Waals surface area contributed by atoms with Gasteiger partial charge in [-0.25, -0.2) is 0 Å². The van der Waals surface area contributed by atoms with Gasteiger partial charge in [-0.1, -0.05) is 37.1 Å². The first-order valence-electron chi connectivity index (χ1n) is 7.48. The minimum Gasteiger partial charge on any atom is -0.369 e. The van der Waals surface area contributed by atoms with Crippen molar-refractivity contribution in [3.63, 3.8) is 0 Å². The van der Waals surface area contributed by atoms with Crippen LogP contribution in [0.2, 0.25) is 0 Å². The van der Waals surface area contributed by atoms with Crippen LogP contribution in [0.3, 0.4) is 0 Å². The number of carbonyl (C=O) groups is 1. The molecule has 0 spiro atoms. The SMILES string of the molecule is O=C(NC1CCCC1)C(Nc1ccccc1)c1cccs1. The van der Waals surface area contributed by atoms with Crippen LogP contribution in [0.15, 0.2) is 47.8 Å². The van der Waals surface area contributed by atoms with Crippen LogP contribution in [-0.4, -0.2) is 11.9 Å². The first-order chi connectivity index (χ1) is 10.3. The van der Waals surface area contributed by atoms with Crippen LogP contribution in [0.1, 0.15) is 36.6 Å². The molecule has 21 heavy (non-hydrogen) atoms. The second-order valence-corrected chi connectivity index (χ2v) is 6.43. The summed E-state index contributed by atoms with van der Waals surface area (Å²) in [6.45, 7) is 0. The van der Waals surface area contributed by atoms with Crippen molar-refractivity contribution in [2.45, 2.75) is 37.8 Å². The Morgan fingerprint density at radius 3 is 2.52 bits per heavy atom. The molecule has 0 bridgehead atoms. The summed E-state index contributed by atoms with van der Waals surface area (Å²) in [5, 5.41) is 8.56. The van der Waals surface area contributed by atoms with Gasteiger partial charge in [-0.05, 0) is 36.4 Å². The first-order valence-corrected chi connectivity index (χ1v) is 8.36. The summed E-state index contributed by atoms with van der Waals surface area (Å²) >= 11 is 1.61. The van der Waals surface area contributed by atoms with Crippen LogP contribution in [0, 0.1) is 0 Å². The topological polar surface area (TPSA) is 41.1 Å². The van der Waals surface area contributed by atoms with E-state index >= 15 is 0 Å². The van der Waals surface area contributed by atoms with E-state index in [9.17, 15) is 4.79 Å². The predicted octanol–water partition coefficient (Wildman–Crippen LogP) is 3.96. The van der Waals surface area contributed by atoms with E-state index in [2.05, 4.69) is 10.6 Å². The van der Waals surface area contributed by atoms with E-state index in [1.165, 1.54) is 12.8 Å². The highest BCUT2D eigenvalue weighted by molar-refractivity contribution is 7.10. The number of nitrogens with one attached hydrogen (secondary N) is 2. The monoisotopic (exact) mass is 300 g/mol. The molecule has 2 aromatic rings. The molecule has 1 atom stereocenters. The molecule has 1 aliphatic carbocycles. The highest BCUT2D eigenvalue weighted by atomic mass is 32.1. The zero-order chi connectivity index (χ0) is 14.5. The molecule has 1 aromatic carbocycles. The van der Waals surface area contributed by atoms with Crippen molar-refractivity contribution in [1.29, 1.82) is 0 Å². The van der Waals surface area contributed by atoms with Gasteiger partial charge in [0.05, 0.1) is 0 Å². The van der Waals surface area contributed by atoms with E-state index in [0.29, 0.717) is 6.04 Å². The predicted molar refractivity (Wildman–Crippen MR) is 87.5 cm³/mol. The van der Waals surface area contributed by atoms with E-state index in [0.717, 1.165) is 23.4 Å². The Kier molecular flexibility index (Phi) is 4.55. The Bertz CT molecular complexity index is 562. The quantitative estimate of drug-likeness (QED) is 0.877. The van der Waals surface area contributed by atoms with Crippen LogP contribution >= 0.6 is 11.3 Å². The minimum atomic E-state index is -0.312. The summed E-state index contributed by atoms with van der Waals surface area (Å²) in [4.78, 5) is 13.7. The lowest BCUT2D eigenvalue weighted by Crippen LogP contribution is -2.38. The van der Waals surface area contributed by atoms with Gasteiger partial charge in [0.15, 0.2) is 0 Å². The molecule has 110 valence electrons. The summed E-state index contributed by atoms with van der Waals surface area (Å²) in [6.07, 6.45) is 4.66. The average molecular weight is 300 g/mol. The molecule has 1 saturated carbocycles. The third-order valence-electron chi connectivity index (χ3n) is 3.88. The van der Waals surface area contributed by atoms with Crippen molar-refractivity contribution < 1.29 is 4.79 Å². The lowest BCUT2D eigenvalue weighted by molar-refractivity contribution is -0.122. The lowest BCUT2D eigenvalue weighted by atomic mass is 10.1. The maximum Gasteiger partial charge on any atom is 0.248 e. The fourth-order valence-electron chi connectivity index (χ4n) is 2.78. The maximum absolute atomic E-state index is 12.6. The largest absolute Gasteiger partial charge is 0.369 e. The van der Waals surface area contributed by atoms with E-state index in [-0.39, 0.29) is 11.9 Å². The van der Waals surface area contributed by atoms with Crippen LogP contribution in [-0.2, 0) is 4.79 Å². The number of rotatable bonds is 5. The Morgan fingerprint density at radius 1 is 1.10 bits per heavy atom. The second kappa shape index (κ2) is 6.76. The van der Waals surface area contributed by atoms with Gasteiger partial charge in [0, 0.05) is 16.6 Å². The Morgan fingerprint density at radius 2 is 1.86 bits per heavy atom. The molecule has 1 amide bonds. The van der Waals surface area contributed by atoms with Gasteiger partial charge in [-0.3, -0.25) is 4.79 Å². The smallest absolute Gasteiger partial charge is 0.248 e. The Balaban J connectivity index is 1.74. The third-order valence-corrected chi connectivity index (χ3v) is 4.81. The zero-order valence-corrected chi connectivity index (χ0v) is 12.7. The molecule has 0 radical (unpaired) electrons. The first kappa shape index (κ1) is 14.1. The number of thiophene rings is 1. The van der Waals surface area contributed by atoms with Crippen LogP contribution < -0.4 is 10.6 Å². The second-order valence-electron chi connectivity index (χ2n) is 5.45. The van der Waals surface area contributed by atoms with Crippen molar-refractivity contribution in [3.05, 3.63) is 52.7 Å². The number of benzene rings is 1. The van der Waals surface area contributed by atoms with Crippen LogP contribution in [0.25, 0.3) is 0 Å². The number of hydrogen-bond donors (Lipinski definition) is 2. The molecule has 2 N–H and O–H groups in total. The van der Waals surface area contributed by atoms with E-state index in [1.807, 2.05) is 47.8 Å². The van der Waals surface area contributed by atoms with Gasteiger partial charge in [0.2, 0.25) is 5.91 Å². The molecular formula is C17H20N2OS.